The van der Waals surface area contributed by atoms with Crippen molar-refractivity contribution in [2.45, 2.75) is 47.5 Å². The molecule has 0 aromatic heterocycles. The van der Waals surface area contributed by atoms with Crippen LogP contribution in [0.25, 0.3) is 0 Å². The van der Waals surface area contributed by atoms with Gasteiger partial charge in [-0.05, 0) is 25.3 Å². The number of hydrogen-bond acceptors (Lipinski definition) is 0. The Morgan fingerprint density at radius 1 is 1.25 bits per heavy atom. The van der Waals surface area contributed by atoms with Crippen molar-refractivity contribution < 1.29 is 4.39 Å². The van der Waals surface area contributed by atoms with Crippen LogP contribution < -0.4 is 0 Å². The van der Waals surface area contributed by atoms with E-state index in [0.717, 1.165) is 18.4 Å². The second-order valence-corrected chi connectivity index (χ2v) is 2.13. The monoisotopic (exact) mass is 172 g/mol. The lowest BCUT2D eigenvalue weighted by atomic mass is 10.1. The molecule has 0 radical (unpaired) electrons. The maximum absolute atomic E-state index is 12.8. The van der Waals surface area contributed by atoms with Crippen LogP contribution in [0.15, 0.2) is 23.6 Å². The summed E-state index contributed by atoms with van der Waals surface area (Å²) in [5, 5.41) is 0. The Morgan fingerprint density at radius 3 is 2.00 bits per heavy atom. The van der Waals surface area contributed by atoms with Crippen LogP contribution >= 0.6 is 0 Å². The molecule has 0 unspecified atom stereocenters. The summed E-state index contributed by atoms with van der Waals surface area (Å²) < 4.78 is 12.8. The predicted molar refractivity (Wildman–Crippen MR) is 54.9 cm³/mol. The number of allylic oxidation sites excluding steroid dienone is 4. The highest BCUT2D eigenvalue weighted by Crippen LogP contribution is 2.15. The Kier molecular flexibility index (Phi) is 12.1. The van der Waals surface area contributed by atoms with E-state index in [1.54, 1.807) is 6.92 Å². The van der Waals surface area contributed by atoms with Crippen LogP contribution in [-0.4, -0.2) is 0 Å². The fourth-order valence-electron chi connectivity index (χ4n) is 0.843. The summed E-state index contributed by atoms with van der Waals surface area (Å²) >= 11 is 0. The first kappa shape index (κ1) is 14.0. The summed E-state index contributed by atoms with van der Waals surface area (Å²) in [6, 6.07) is 0. The van der Waals surface area contributed by atoms with Gasteiger partial charge in [-0.1, -0.05) is 39.8 Å². The van der Waals surface area contributed by atoms with Crippen molar-refractivity contribution in [2.75, 3.05) is 0 Å². The third-order valence-electron chi connectivity index (χ3n) is 1.39. The van der Waals surface area contributed by atoms with E-state index < -0.39 is 0 Å². The molecule has 0 amide bonds. The Balaban J connectivity index is 0. The van der Waals surface area contributed by atoms with E-state index in [1.807, 2.05) is 33.8 Å². The zero-order chi connectivity index (χ0) is 9.98. The largest absolute Gasteiger partial charge is 0.207 e. The molecule has 0 aromatic carbocycles. The quantitative estimate of drug-likeness (QED) is 0.544. The van der Waals surface area contributed by atoms with E-state index in [2.05, 4.69) is 0 Å². The van der Waals surface area contributed by atoms with Crippen LogP contribution in [-0.2, 0) is 0 Å². The second kappa shape index (κ2) is 10.4. The summed E-state index contributed by atoms with van der Waals surface area (Å²) in [6.07, 6.45) is 5.12. The van der Waals surface area contributed by atoms with Crippen molar-refractivity contribution >= 4 is 0 Å². The van der Waals surface area contributed by atoms with Gasteiger partial charge in [-0.2, -0.15) is 0 Å². The molecule has 0 fully saturated rings. The molecule has 0 nitrogen and oxygen atoms in total. The molecule has 0 atom stereocenters. The average molecular weight is 172 g/mol. The number of halogens is 1. The van der Waals surface area contributed by atoms with Gasteiger partial charge in [0, 0.05) is 0 Å². The van der Waals surface area contributed by atoms with Crippen LogP contribution in [0.2, 0.25) is 0 Å². The Hall–Kier alpha value is -0.590. The molecule has 0 saturated heterocycles. The fraction of sp³-hybridized carbons (Fsp3) is 0.636. The van der Waals surface area contributed by atoms with Crippen LogP contribution in [0.1, 0.15) is 47.5 Å². The zero-order valence-electron chi connectivity index (χ0n) is 8.95. The van der Waals surface area contributed by atoms with E-state index in [0.29, 0.717) is 0 Å². The first-order chi connectivity index (χ1) is 5.76. The molecule has 0 aliphatic rings. The lowest BCUT2D eigenvalue weighted by Gasteiger charge is -1.98. The molecule has 0 spiro atoms. The average Bonchev–Trinajstić information content (AvgIpc) is 2.16. The molecule has 1 heteroatoms. The highest BCUT2D eigenvalue weighted by atomic mass is 19.1. The molecule has 12 heavy (non-hydrogen) atoms. The summed E-state index contributed by atoms with van der Waals surface area (Å²) in [5.74, 6) is -0.0793. The van der Waals surface area contributed by atoms with E-state index >= 15 is 0 Å². The first-order valence-electron chi connectivity index (χ1n) is 4.77. The summed E-state index contributed by atoms with van der Waals surface area (Å²) in [5.41, 5.74) is 0.824. The van der Waals surface area contributed by atoms with Gasteiger partial charge in [0.15, 0.2) is 0 Å². The molecular weight excluding hydrogens is 151 g/mol. The van der Waals surface area contributed by atoms with Gasteiger partial charge in [-0.15, -0.1) is 0 Å². The Morgan fingerprint density at radius 2 is 1.75 bits per heavy atom. The molecule has 0 aliphatic heterocycles. The van der Waals surface area contributed by atoms with Gasteiger partial charge in [0.1, 0.15) is 5.83 Å². The van der Waals surface area contributed by atoms with Crippen LogP contribution in [0.3, 0.4) is 0 Å². The van der Waals surface area contributed by atoms with E-state index in [9.17, 15) is 4.39 Å². The topological polar surface area (TPSA) is 0 Å². The minimum Gasteiger partial charge on any atom is -0.207 e. The first-order valence-corrected chi connectivity index (χ1v) is 4.77. The minimum absolute atomic E-state index is 0.0793. The van der Waals surface area contributed by atoms with E-state index in [-0.39, 0.29) is 5.83 Å². The smallest absolute Gasteiger partial charge is 0.121 e. The van der Waals surface area contributed by atoms with Crippen molar-refractivity contribution in [1.82, 2.24) is 0 Å². The van der Waals surface area contributed by atoms with E-state index in [4.69, 9.17) is 0 Å². The normalized spacial score (nSPS) is 12.2. The van der Waals surface area contributed by atoms with E-state index in [1.165, 1.54) is 6.08 Å². The molecule has 0 N–H and O–H groups in total. The molecule has 0 bridgehead atoms. The highest BCUT2D eigenvalue weighted by molar-refractivity contribution is 5.23. The Labute approximate surface area is 76.2 Å². The lowest BCUT2D eigenvalue weighted by molar-refractivity contribution is 0.639. The van der Waals surface area contributed by atoms with Gasteiger partial charge in [0.05, 0.1) is 0 Å². The van der Waals surface area contributed by atoms with Crippen LogP contribution in [0, 0.1) is 0 Å². The Bertz CT molecular complexity index is 143. The second-order valence-electron chi connectivity index (χ2n) is 2.13. The van der Waals surface area contributed by atoms with Gasteiger partial charge in [-0.25, -0.2) is 4.39 Å². The molecule has 0 rings (SSSR count). The third kappa shape index (κ3) is 6.14. The summed E-state index contributed by atoms with van der Waals surface area (Å²) in [7, 11) is 0. The molecule has 0 heterocycles. The van der Waals surface area contributed by atoms with Gasteiger partial charge in [0.25, 0.3) is 0 Å². The number of rotatable bonds is 3. The molecular formula is C11H21F. The SMILES string of the molecule is C/C=C(F)\C(=C/CC)CC.CC. The molecule has 0 aromatic rings. The lowest BCUT2D eigenvalue weighted by Crippen LogP contribution is -1.80. The van der Waals surface area contributed by atoms with Crippen molar-refractivity contribution in [3.8, 4) is 0 Å². The third-order valence-corrected chi connectivity index (χ3v) is 1.39. The molecule has 72 valence electrons. The minimum atomic E-state index is -0.0793. The highest BCUT2D eigenvalue weighted by Gasteiger charge is 1.97. The van der Waals surface area contributed by atoms with Gasteiger partial charge < -0.3 is 0 Å². The standard InChI is InChI=1S/C9H15F.C2H6/c1-4-7-8(5-2)9(10)6-3;1-2/h6-7H,4-5H2,1-3H3;1-2H3/b8-7-,9-6+;. The van der Waals surface area contributed by atoms with Crippen molar-refractivity contribution in [1.29, 1.82) is 0 Å². The van der Waals surface area contributed by atoms with Gasteiger partial charge >= 0.3 is 0 Å². The summed E-state index contributed by atoms with van der Waals surface area (Å²) in [6.45, 7) is 9.69. The van der Waals surface area contributed by atoms with Crippen LogP contribution in [0.5, 0.6) is 0 Å². The van der Waals surface area contributed by atoms with Crippen molar-refractivity contribution in [2.24, 2.45) is 0 Å². The van der Waals surface area contributed by atoms with Crippen molar-refractivity contribution in [3.05, 3.63) is 23.6 Å². The van der Waals surface area contributed by atoms with Crippen molar-refractivity contribution in [3.63, 3.8) is 0 Å². The predicted octanol–water partition coefficient (Wildman–Crippen LogP) is 4.63. The van der Waals surface area contributed by atoms with Gasteiger partial charge in [-0.3, -0.25) is 0 Å². The molecule has 0 aliphatic carbocycles. The van der Waals surface area contributed by atoms with Crippen LogP contribution in [0.4, 0.5) is 4.39 Å². The van der Waals surface area contributed by atoms with Gasteiger partial charge in [0.2, 0.25) is 0 Å². The zero-order valence-corrected chi connectivity index (χ0v) is 8.95. The molecule has 0 saturated carbocycles. The summed E-state index contributed by atoms with van der Waals surface area (Å²) in [4.78, 5) is 0. The maximum Gasteiger partial charge on any atom is 0.121 e. The number of hydrogen-bond donors (Lipinski definition) is 0. The fourth-order valence-corrected chi connectivity index (χ4v) is 0.843. The maximum atomic E-state index is 12.8.